The van der Waals surface area contributed by atoms with E-state index < -0.39 is 11.9 Å². The molecule has 0 saturated heterocycles. The maximum absolute atomic E-state index is 11.0. The van der Waals surface area contributed by atoms with Crippen molar-refractivity contribution in [2.75, 3.05) is 12.3 Å². The minimum Gasteiger partial charge on any atom is -0.493 e. The Labute approximate surface area is 170 Å². The molecule has 11 heteroatoms. The second-order valence-corrected chi connectivity index (χ2v) is 6.93. The van der Waals surface area contributed by atoms with E-state index in [9.17, 15) is 4.79 Å². The molecule has 3 aromatic rings. The fourth-order valence-electron chi connectivity index (χ4n) is 2.69. The van der Waals surface area contributed by atoms with Gasteiger partial charge >= 0.3 is 0 Å². The van der Waals surface area contributed by atoms with Crippen LogP contribution in [0.25, 0.3) is 5.65 Å². The average molecular weight is 424 g/mol. The second kappa shape index (κ2) is 8.59. The summed E-state index contributed by atoms with van der Waals surface area (Å²) in [6.07, 6.45) is 4.35. The maximum Gasteiger partial charge on any atom is 0.234 e. The van der Waals surface area contributed by atoms with Gasteiger partial charge in [-0.1, -0.05) is 23.2 Å². The van der Waals surface area contributed by atoms with E-state index in [2.05, 4.69) is 15.1 Å². The van der Waals surface area contributed by atoms with Gasteiger partial charge in [0.1, 0.15) is 12.1 Å². The normalized spacial score (nSPS) is 12.2. The van der Waals surface area contributed by atoms with Crippen molar-refractivity contribution in [3.8, 4) is 5.75 Å². The first kappa shape index (κ1) is 20.1. The third kappa shape index (κ3) is 4.27. The summed E-state index contributed by atoms with van der Waals surface area (Å²) in [6.45, 7) is 0.341. The Balaban J connectivity index is 1.80. The summed E-state index contributed by atoms with van der Waals surface area (Å²) >= 11 is 12.6. The van der Waals surface area contributed by atoms with Crippen LogP contribution in [0.4, 0.5) is 5.82 Å². The first-order valence-corrected chi connectivity index (χ1v) is 9.21. The highest BCUT2D eigenvalue weighted by atomic mass is 35.5. The molecule has 1 atom stereocenters. The van der Waals surface area contributed by atoms with Crippen molar-refractivity contribution in [3.05, 3.63) is 46.0 Å². The molecule has 0 aliphatic carbocycles. The molecule has 0 saturated carbocycles. The molecule has 3 rings (SSSR count). The molecule has 1 amide bonds. The molecular formula is C17H19Cl2N7O2. The van der Waals surface area contributed by atoms with Gasteiger partial charge in [0.15, 0.2) is 11.5 Å². The number of nitrogens with two attached hydrogens (primary N) is 3. The Kier molecular flexibility index (Phi) is 6.18. The molecular weight excluding hydrogens is 405 g/mol. The van der Waals surface area contributed by atoms with Crippen LogP contribution in [0.15, 0.2) is 24.7 Å². The maximum atomic E-state index is 11.0. The number of primary amides is 1. The van der Waals surface area contributed by atoms with Gasteiger partial charge in [0, 0.05) is 12.0 Å². The van der Waals surface area contributed by atoms with E-state index in [-0.39, 0.29) is 5.82 Å². The van der Waals surface area contributed by atoms with E-state index in [1.165, 1.54) is 6.33 Å². The molecule has 1 aromatic carbocycles. The van der Waals surface area contributed by atoms with Crippen LogP contribution < -0.4 is 21.9 Å². The van der Waals surface area contributed by atoms with Crippen LogP contribution in [0.5, 0.6) is 5.75 Å². The molecule has 0 aliphatic rings. The molecule has 9 nitrogen and oxygen atoms in total. The largest absolute Gasteiger partial charge is 0.493 e. The van der Waals surface area contributed by atoms with Crippen LogP contribution in [0.2, 0.25) is 10.0 Å². The predicted molar refractivity (Wildman–Crippen MR) is 106 cm³/mol. The Morgan fingerprint density at radius 2 is 2.07 bits per heavy atom. The molecule has 0 spiro atoms. The number of hydrogen-bond acceptors (Lipinski definition) is 7. The molecule has 0 radical (unpaired) electrons. The van der Waals surface area contributed by atoms with Gasteiger partial charge in [0.2, 0.25) is 5.91 Å². The second-order valence-electron chi connectivity index (χ2n) is 6.14. The zero-order valence-electron chi connectivity index (χ0n) is 14.8. The molecule has 2 aromatic heterocycles. The highest BCUT2D eigenvalue weighted by molar-refractivity contribution is 6.42. The number of rotatable bonds is 8. The first-order chi connectivity index (χ1) is 13.4. The number of halogens is 2. The number of amides is 1. The number of aromatic nitrogens is 4. The van der Waals surface area contributed by atoms with E-state index in [1.807, 2.05) is 0 Å². The Morgan fingerprint density at radius 1 is 1.29 bits per heavy atom. The van der Waals surface area contributed by atoms with Gasteiger partial charge in [-0.25, -0.2) is 14.5 Å². The zero-order valence-corrected chi connectivity index (χ0v) is 16.3. The average Bonchev–Trinajstić information content (AvgIpc) is 3.08. The van der Waals surface area contributed by atoms with Gasteiger partial charge in [0.05, 0.1) is 34.6 Å². The number of benzene rings is 1. The van der Waals surface area contributed by atoms with Crippen molar-refractivity contribution in [2.45, 2.75) is 25.3 Å². The third-order valence-electron chi connectivity index (χ3n) is 4.20. The first-order valence-electron chi connectivity index (χ1n) is 8.46. The van der Waals surface area contributed by atoms with Gasteiger partial charge in [-0.05, 0) is 25.0 Å². The molecule has 0 bridgehead atoms. The van der Waals surface area contributed by atoms with Crippen LogP contribution in [0.3, 0.4) is 0 Å². The standard InChI is InChI=1S/C17H19Cl2N7O2/c18-11-3-4-13(28-5-1-2-12(20)16(22)27)10(14(11)19)6-9-7-23-17-15(21)24-8-25-26(9)17/h3-4,7-8,12H,1-2,5-6,20H2,(H2,22,27)(H2,21,24,25)/t12-/m1/s1. The summed E-state index contributed by atoms with van der Waals surface area (Å²) in [5, 5.41) is 4.96. The SMILES string of the molecule is NC(=O)[C@H](N)CCCOc1ccc(Cl)c(Cl)c1Cc1cnc2c(N)ncnn12. The van der Waals surface area contributed by atoms with Gasteiger partial charge in [-0.3, -0.25) is 4.79 Å². The van der Waals surface area contributed by atoms with Crippen LogP contribution in [-0.2, 0) is 11.2 Å². The summed E-state index contributed by atoms with van der Waals surface area (Å²) < 4.78 is 7.44. The third-order valence-corrected chi connectivity index (χ3v) is 5.04. The highest BCUT2D eigenvalue weighted by Gasteiger charge is 2.17. The van der Waals surface area contributed by atoms with Crippen LogP contribution in [-0.4, -0.2) is 38.1 Å². The quantitative estimate of drug-likeness (QED) is 0.465. The van der Waals surface area contributed by atoms with E-state index in [0.29, 0.717) is 52.9 Å². The lowest BCUT2D eigenvalue weighted by Gasteiger charge is -2.14. The number of carbonyl (C=O) groups is 1. The summed E-state index contributed by atoms with van der Waals surface area (Å²) in [7, 11) is 0. The van der Waals surface area contributed by atoms with Gasteiger partial charge in [-0.15, -0.1) is 0 Å². The highest BCUT2D eigenvalue weighted by Crippen LogP contribution is 2.35. The summed E-state index contributed by atoms with van der Waals surface area (Å²) in [6, 6.07) is 2.71. The molecule has 0 fully saturated rings. The van der Waals surface area contributed by atoms with E-state index in [4.69, 9.17) is 45.1 Å². The number of nitrogens with zero attached hydrogens (tertiary/aromatic N) is 4. The number of nitrogen functional groups attached to an aromatic ring is 1. The minimum atomic E-state index is -0.694. The van der Waals surface area contributed by atoms with Crippen molar-refractivity contribution in [1.29, 1.82) is 0 Å². The van der Waals surface area contributed by atoms with E-state index in [0.717, 1.165) is 5.69 Å². The van der Waals surface area contributed by atoms with Gasteiger partial charge in [-0.2, -0.15) is 5.10 Å². The number of carbonyl (C=O) groups excluding carboxylic acids is 1. The van der Waals surface area contributed by atoms with E-state index >= 15 is 0 Å². The van der Waals surface area contributed by atoms with Crippen molar-refractivity contribution in [2.24, 2.45) is 11.5 Å². The van der Waals surface area contributed by atoms with Gasteiger partial charge in [0.25, 0.3) is 0 Å². The number of imidazole rings is 1. The summed E-state index contributed by atoms with van der Waals surface area (Å²) in [5.74, 6) is 0.309. The van der Waals surface area contributed by atoms with Gasteiger partial charge < -0.3 is 21.9 Å². The number of anilines is 1. The minimum absolute atomic E-state index is 0.278. The molecule has 28 heavy (non-hydrogen) atoms. The fraction of sp³-hybridized carbons (Fsp3) is 0.294. The number of hydrogen-bond donors (Lipinski definition) is 3. The van der Waals surface area contributed by atoms with Crippen molar-refractivity contribution in [3.63, 3.8) is 0 Å². The Morgan fingerprint density at radius 3 is 2.82 bits per heavy atom. The lowest BCUT2D eigenvalue weighted by molar-refractivity contribution is -0.119. The van der Waals surface area contributed by atoms with Crippen molar-refractivity contribution in [1.82, 2.24) is 19.6 Å². The molecule has 6 N–H and O–H groups in total. The molecule has 0 aliphatic heterocycles. The Hall–Kier alpha value is -2.62. The predicted octanol–water partition coefficient (Wildman–Crippen LogP) is 1.58. The van der Waals surface area contributed by atoms with Crippen LogP contribution in [0, 0.1) is 0 Å². The number of fused-ring (bicyclic) bond motifs is 1. The lowest BCUT2D eigenvalue weighted by atomic mass is 10.1. The topological polar surface area (TPSA) is 147 Å². The van der Waals surface area contributed by atoms with Crippen molar-refractivity contribution >= 4 is 40.6 Å². The zero-order chi connectivity index (χ0) is 20.3. The van der Waals surface area contributed by atoms with Crippen LogP contribution >= 0.6 is 23.2 Å². The summed E-state index contributed by atoms with van der Waals surface area (Å²) in [5.41, 5.74) is 18.5. The number of ether oxygens (including phenoxy) is 1. The van der Waals surface area contributed by atoms with Crippen molar-refractivity contribution < 1.29 is 9.53 Å². The van der Waals surface area contributed by atoms with E-state index in [1.54, 1.807) is 22.8 Å². The lowest BCUT2D eigenvalue weighted by Crippen LogP contribution is -2.36. The fourth-order valence-corrected chi connectivity index (χ4v) is 3.09. The molecule has 0 unspecified atom stereocenters. The van der Waals surface area contributed by atoms with Crippen LogP contribution in [0.1, 0.15) is 24.1 Å². The monoisotopic (exact) mass is 423 g/mol. The Bertz CT molecular complexity index is 1010. The summed E-state index contributed by atoms with van der Waals surface area (Å²) in [4.78, 5) is 19.2. The molecule has 2 heterocycles. The molecule has 148 valence electrons. The smallest absolute Gasteiger partial charge is 0.234 e.